The van der Waals surface area contributed by atoms with Crippen molar-refractivity contribution in [3.63, 3.8) is 0 Å². The summed E-state index contributed by atoms with van der Waals surface area (Å²) in [5.41, 5.74) is 0. The van der Waals surface area contributed by atoms with Crippen LogP contribution in [0.5, 0.6) is 0 Å². The van der Waals surface area contributed by atoms with E-state index in [9.17, 15) is 4.79 Å². The number of nitrogens with zero attached hydrogens (tertiary/aromatic N) is 3. The van der Waals surface area contributed by atoms with Crippen LogP contribution in [0.4, 0.5) is 0 Å². The number of imidazole rings is 1. The first kappa shape index (κ1) is 12.1. The SMILES string of the molecule is Cc1nccn1CCN1CCC(CC(=O)O)C1. The fourth-order valence-corrected chi connectivity index (χ4v) is 2.42. The van der Waals surface area contributed by atoms with E-state index < -0.39 is 5.97 Å². The molecule has 94 valence electrons. The van der Waals surface area contributed by atoms with Crippen molar-refractivity contribution in [2.24, 2.45) is 5.92 Å². The second kappa shape index (κ2) is 5.31. The third kappa shape index (κ3) is 3.30. The van der Waals surface area contributed by atoms with E-state index in [0.717, 1.165) is 38.4 Å². The first-order valence-corrected chi connectivity index (χ1v) is 6.07. The molecule has 0 saturated carbocycles. The van der Waals surface area contributed by atoms with Gasteiger partial charge in [-0.15, -0.1) is 0 Å². The highest BCUT2D eigenvalue weighted by Gasteiger charge is 2.23. The molecule has 0 radical (unpaired) electrons. The van der Waals surface area contributed by atoms with Crippen LogP contribution in [-0.2, 0) is 11.3 Å². The third-order valence-corrected chi connectivity index (χ3v) is 3.41. The Balaban J connectivity index is 1.75. The lowest BCUT2D eigenvalue weighted by Gasteiger charge is -2.16. The topological polar surface area (TPSA) is 58.4 Å². The molecule has 0 amide bonds. The van der Waals surface area contributed by atoms with Gasteiger partial charge in [-0.25, -0.2) is 4.98 Å². The van der Waals surface area contributed by atoms with Crippen LogP contribution in [0.3, 0.4) is 0 Å². The minimum absolute atomic E-state index is 0.306. The number of hydrogen-bond acceptors (Lipinski definition) is 3. The Hall–Kier alpha value is -1.36. The van der Waals surface area contributed by atoms with E-state index in [0.29, 0.717) is 12.3 Å². The number of aryl methyl sites for hydroxylation is 1. The molecule has 5 nitrogen and oxygen atoms in total. The highest BCUT2D eigenvalue weighted by atomic mass is 16.4. The lowest BCUT2D eigenvalue weighted by Crippen LogP contribution is -2.25. The van der Waals surface area contributed by atoms with Crippen molar-refractivity contribution in [1.82, 2.24) is 14.5 Å². The molecule has 1 atom stereocenters. The van der Waals surface area contributed by atoms with Gasteiger partial charge >= 0.3 is 5.97 Å². The maximum absolute atomic E-state index is 10.6. The summed E-state index contributed by atoms with van der Waals surface area (Å²) in [4.78, 5) is 17.1. The summed E-state index contributed by atoms with van der Waals surface area (Å²) in [6, 6.07) is 0. The molecule has 0 aromatic carbocycles. The van der Waals surface area contributed by atoms with Crippen LogP contribution in [0.1, 0.15) is 18.7 Å². The van der Waals surface area contributed by atoms with E-state index in [-0.39, 0.29) is 0 Å². The quantitative estimate of drug-likeness (QED) is 0.829. The summed E-state index contributed by atoms with van der Waals surface area (Å²) in [5.74, 6) is 0.685. The zero-order valence-electron chi connectivity index (χ0n) is 10.2. The van der Waals surface area contributed by atoms with Crippen LogP contribution in [0.15, 0.2) is 12.4 Å². The number of rotatable bonds is 5. The molecule has 1 aromatic heterocycles. The largest absolute Gasteiger partial charge is 0.481 e. The van der Waals surface area contributed by atoms with Crippen LogP contribution < -0.4 is 0 Å². The average Bonchev–Trinajstić information content (AvgIpc) is 2.84. The van der Waals surface area contributed by atoms with Gasteiger partial charge in [0.05, 0.1) is 0 Å². The van der Waals surface area contributed by atoms with Crippen molar-refractivity contribution in [3.8, 4) is 0 Å². The number of hydrogen-bond donors (Lipinski definition) is 1. The van der Waals surface area contributed by atoms with Crippen molar-refractivity contribution in [2.45, 2.75) is 26.3 Å². The summed E-state index contributed by atoms with van der Waals surface area (Å²) in [6.45, 7) is 5.85. The summed E-state index contributed by atoms with van der Waals surface area (Å²) in [7, 11) is 0. The van der Waals surface area contributed by atoms with Crippen LogP contribution >= 0.6 is 0 Å². The molecule has 1 unspecified atom stereocenters. The molecule has 0 spiro atoms. The molecule has 0 aliphatic carbocycles. The van der Waals surface area contributed by atoms with Gasteiger partial charge in [0.2, 0.25) is 0 Å². The predicted octanol–water partition coefficient (Wildman–Crippen LogP) is 0.988. The first-order valence-electron chi connectivity index (χ1n) is 6.07. The van der Waals surface area contributed by atoms with Crippen LogP contribution in [0.25, 0.3) is 0 Å². The van der Waals surface area contributed by atoms with Gasteiger partial charge in [-0.2, -0.15) is 0 Å². The molecular formula is C12H19N3O2. The molecular weight excluding hydrogens is 218 g/mol. The van der Waals surface area contributed by atoms with Gasteiger partial charge in [-0.1, -0.05) is 0 Å². The lowest BCUT2D eigenvalue weighted by atomic mass is 10.1. The number of carboxylic acid groups (broad SMARTS) is 1. The van der Waals surface area contributed by atoms with E-state index in [4.69, 9.17) is 5.11 Å². The van der Waals surface area contributed by atoms with Crippen LogP contribution in [-0.4, -0.2) is 45.2 Å². The standard InChI is InChI=1S/C12H19N3O2/c1-10-13-3-5-15(10)7-6-14-4-2-11(9-14)8-12(16)17/h3,5,11H,2,4,6-9H2,1H3,(H,16,17). The monoisotopic (exact) mass is 237 g/mol. The fraction of sp³-hybridized carbons (Fsp3) is 0.667. The van der Waals surface area contributed by atoms with Crippen molar-refractivity contribution >= 4 is 5.97 Å². The third-order valence-electron chi connectivity index (χ3n) is 3.41. The summed E-state index contributed by atoms with van der Waals surface area (Å²) >= 11 is 0. The number of aliphatic carboxylic acids is 1. The van der Waals surface area contributed by atoms with Gasteiger partial charge < -0.3 is 14.6 Å². The molecule has 2 heterocycles. The van der Waals surface area contributed by atoms with Gasteiger partial charge in [0.15, 0.2) is 0 Å². The molecule has 17 heavy (non-hydrogen) atoms. The van der Waals surface area contributed by atoms with Gasteiger partial charge in [-0.05, 0) is 25.8 Å². The van der Waals surface area contributed by atoms with Gasteiger partial charge in [-0.3, -0.25) is 4.79 Å². The van der Waals surface area contributed by atoms with Crippen LogP contribution in [0, 0.1) is 12.8 Å². The molecule has 2 rings (SSSR count). The normalized spacial score (nSPS) is 20.9. The van der Waals surface area contributed by atoms with E-state index in [2.05, 4.69) is 14.5 Å². The predicted molar refractivity (Wildman–Crippen MR) is 63.8 cm³/mol. The minimum Gasteiger partial charge on any atom is -0.481 e. The average molecular weight is 237 g/mol. The first-order chi connectivity index (χ1) is 8.15. The van der Waals surface area contributed by atoms with E-state index in [1.807, 2.05) is 19.3 Å². The second-order valence-corrected chi connectivity index (χ2v) is 4.72. The van der Waals surface area contributed by atoms with E-state index in [1.54, 1.807) is 0 Å². The second-order valence-electron chi connectivity index (χ2n) is 4.72. The summed E-state index contributed by atoms with van der Waals surface area (Å²) < 4.78 is 2.13. The van der Waals surface area contributed by atoms with Crippen molar-refractivity contribution in [3.05, 3.63) is 18.2 Å². The molecule has 1 saturated heterocycles. The molecule has 5 heteroatoms. The van der Waals surface area contributed by atoms with Gasteiger partial charge in [0.25, 0.3) is 0 Å². The number of carbonyl (C=O) groups is 1. The van der Waals surface area contributed by atoms with Gasteiger partial charge in [0.1, 0.15) is 5.82 Å². The number of likely N-dealkylation sites (tertiary alicyclic amines) is 1. The Bertz CT molecular complexity index is 389. The fourth-order valence-electron chi connectivity index (χ4n) is 2.42. The Labute approximate surface area is 101 Å². The van der Waals surface area contributed by atoms with E-state index in [1.165, 1.54) is 0 Å². The van der Waals surface area contributed by atoms with E-state index >= 15 is 0 Å². The molecule has 1 fully saturated rings. The Kier molecular flexibility index (Phi) is 3.78. The maximum Gasteiger partial charge on any atom is 0.303 e. The highest BCUT2D eigenvalue weighted by Crippen LogP contribution is 2.19. The number of aromatic nitrogens is 2. The number of carboxylic acids is 1. The summed E-state index contributed by atoms with van der Waals surface area (Å²) in [6.07, 6.45) is 5.11. The Morgan fingerprint density at radius 1 is 1.59 bits per heavy atom. The zero-order valence-corrected chi connectivity index (χ0v) is 10.2. The van der Waals surface area contributed by atoms with Crippen molar-refractivity contribution < 1.29 is 9.90 Å². The van der Waals surface area contributed by atoms with Crippen molar-refractivity contribution in [2.75, 3.05) is 19.6 Å². The minimum atomic E-state index is -0.678. The highest BCUT2D eigenvalue weighted by molar-refractivity contribution is 5.67. The molecule has 1 aliphatic heterocycles. The lowest BCUT2D eigenvalue weighted by molar-refractivity contribution is -0.138. The molecule has 0 bridgehead atoms. The Morgan fingerprint density at radius 3 is 3.06 bits per heavy atom. The Morgan fingerprint density at radius 2 is 2.41 bits per heavy atom. The molecule has 1 N–H and O–H groups in total. The van der Waals surface area contributed by atoms with Crippen LogP contribution in [0.2, 0.25) is 0 Å². The zero-order chi connectivity index (χ0) is 12.3. The summed E-state index contributed by atoms with van der Waals surface area (Å²) in [5, 5.41) is 8.75. The molecule has 1 aromatic rings. The molecule has 1 aliphatic rings. The maximum atomic E-state index is 10.6. The van der Waals surface area contributed by atoms with Gasteiger partial charge in [0, 0.05) is 38.4 Å². The smallest absolute Gasteiger partial charge is 0.303 e. The van der Waals surface area contributed by atoms with Crippen molar-refractivity contribution in [1.29, 1.82) is 0 Å².